The van der Waals surface area contributed by atoms with Crippen molar-refractivity contribution in [1.29, 1.82) is 0 Å². The van der Waals surface area contributed by atoms with Crippen LogP contribution in [-0.2, 0) is 11.3 Å². The molecule has 1 aliphatic rings. The number of benzene rings is 2. The summed E-state index contributed by atoms with van der Waals surface area (Å²) in [6.07, 6.45) is 1.60. The fraction of sp³-hybridized carbons (Fsp3) is 0.316. The van der Waals surface area contributed by atoms with E-state index in [9.17, 15) is 4.79 Å². The molecule has 4 nitrogen and oxygen atoms in total. The minimum absolute atomic E-state index is 0.184. The lowest BCUT2D eigenvalue weighted by molar-refractivity contribution is -0.137. The summed E-state index contributed by atoms with van der Waals surface area (Å²) in [5.41, 5.74) is 1.18. The van der Waals surface area contributed by atoms with Crippen LogP contribution in [0.3, 0.4) is 0 Å². The Hall–Kier alpha value is -1.91. The number of aliphatic carboxylic acids is 1. The smallest absolute Gasteiger partial charge is 0.303 e. The summed E-state index contributed by atoms with van der Waals surface area (Å²) in [5.74, 6) is -0.765. The minimum Gasteiger partial charge on any atom is -0.481 e. The Morgan fingerprint density at radius 1 is 1.00 bits per heavy atom. The summed E-state index contributed by atoms with van der Waals surface area (Å²) >= 11 is 12.7. The second-order valence-electron chi connectivity index (χ2n) is 6.22. The number of carboxylic acids is 1. The molecule has 1 aliphatic heterocycles. The van der Waals surface area contributed by atoms with E-state index in [2.05, 4.69) is 30.3 Å². The van der Waals surface area contributed by atoms with Crippen LogP contribution in [0.25, 0.3) is 10.8 Å². The molecular formula is C19H20Cl2N2O2. The second kappa shape index (κ2) is 7.98. The number of carbonyl (C=O) groups is 1. The Bertz CT molecular complexity index is 807. The van der Waals surface area contributed by atoms with Gasteiger partial charge in [-0.05, 0) is 35.2 Å². The maximum atomic E-state index is 10.6. The van der Waals surface area contributed by atoms with Gasteiger partial charge in [-0.3, -0.25) is 4.79 Å². The third kappa shape index (κ3) is 4.39. The molecule has 1 heterocycles. The van der Waals surface area contributed by atoms with Crippen LogP contribution in [0.4, 0.5) is 0 Å². The number of nitrogens with zero attached hydrogens (tertiary/aromatic N) is 2. The minimum atomic E-state index is -0.765. The summed E-state index contributed by atoms with van der Waals surface area (Å²) in [7, 11) is 0. The molecule has 0 fully saturated rings. The van der Waals surface area contributed by atoms with E-state index >= 15 is 0 Å². The number of rotatable bonds is 7. The van der Waals surface area contributed by atoms with Gasteiger partial charge in [-0.2, -0.15) is 0 Å². The van der Waals surface area contributed by atoms with Crippen LogP contribution >= 0.6 is 23.2 Å². The molecule has 2 aromatic rings. The molecule has 0 saturated carbocycles. The maximum absolute atomic E-state index is 10.6. The van der Waals surface area contributed by atoms with Crippen molar-refractivity contribution in [3.63, 3.8) is 0 Å². The highest BCUT2D eigenvalue weighted by Crippen LogP contribution is 2.31. The van der Waals surface area contributed by atoms with Gasteiger partial charge >= 0.3 is 5.97 Å². The lowest BCUT2D eigenvalue weighted by Crippen LogP contribution is -2.27. The van der Waals surface area contributed by atoms with Crippen molar-refractivity contribution in [2.75, 3.05) is 13.2 Å². The number of halogens is 2. The van der Waals surface area contributed by atoms with Gasteiger partial charge in [0.15, 0.2) is 0 Å². The molecule has 0 aromatic heterocycles. The topological polar surface area (TPSA) is 43.8 Å². The van der Waals surface area contributed by atoms with E-state index in [-0.39, 0.29) is 6.42 Å². The molecule has 0 bridgehead atoms. The highest BCUT2D eigenvalue weighted by Gasteiger charge is 2.26. The van der Waals surface area contributed by atoms with E-state index in [0.717, 1.165) is 6.42 Å². The number of hydrogen-bond acceptors (Lipinski definition) is 3. The van der Waals surface area contributed by atoms with E-state index in [0.29, 0.717) is 36.5 Å². The van der Waals surface area contributed by atoms with E-state index in [1.807, 2.05) is 21.9 Å². The fourth-order valence-electron chi connectivity index (χ4n) is 3.02. The summed E-state index contributed by atoms with van der Waals surface area (Å²) in [6, 6.07) is 14.6. The molecule has 0 spiro atoms. The molecule has 2 aromatic carbocycles. The Morgan fingerprint density at radius 3 is 2.48 bits per heavy atom. The average Bonchev–Trinajstić information content (AvgIpc) is 2.86. The van der Waals surface area contributed by atoms with Gasteiger partial charge < -0.3 is 14.9 Å². The van der Waals surface area contributed by atoms with Crippen molar-refractivity contribution in [3.8, 4) is 0 Å². The molecule has 0 amide bonds. The van der Waals surface area contributed by atoms with Gasteiger partial charge in [0.2, 0.25) is 0 Å². The molecule has 0 atom stereocenters. The van der Waals surface area contributed by atoms with Gasteiger partial charge in [-0.1, -0.05) is 59.6 Å². The first kappa shape index (κ1) is 17.9. The number of carboxylic acid groups (broad SMARTS) is 1. The van der Waals surface area contributed by atoms with Crippen LogP contribution in [0.2, 0.25) is 0 Å². The highest BCUT2D eigenvalue weighted by molar-refractivity contribution is 6.38. The highest BCUT2D eigenvalue weighted by atomic mass is 35.5. The molecule has 1 N–H and O–H groups in total. The molecule has 0 radical (unpaired) electrons. The molecule has 6 heteroatoms. The standard InChI is InChI=1S/C19H20Cl2N2O2/c20-18-19(21)23(13-22(18)10-4-3-7-17(24)25)12-14-8-9-15-5-1-2-6-16(15)11-14/h1-2,5-6,8-9,11H,3-4,7,10,12-13H2,(H,24,25). The van der Waals surface area contributed by atoms with E-state index in [1.165, 1.54) is 16.3 Å². The van der Waals surface area contributed by atoms with Crippen LogP contribution in [0.15, 0.2) is 52.8 Å². The van der Waals surface area contributed by atoms with Gasteiger partial charge in [0, 0.05) is 19.5 Å². The molecule has 0 saturated heterocycles. The zero-order valence-electron chi connectivity index (χ0n) is 13.8. The third-order valence-corrected chi connectivity index (χ3v) is 5.26. The first-order valence-corrected chi connectivity index (χ1v) is 9.05. The van der Waals surface area contributed by atoms with Crippen molar-refractivity contribution in [2.45, 2.75) is 25.8 Å². The summed E-state index contributed by atoms with van der Waals surface area (Å²) in [4.78, 5) is 14.6. The third-order valence-electron chi connectivity index (χ3n) is 4.32. The van der Waals surface area contributed by atoms with Crippen LogP contribution in [0.5, 0.6) is 0 Å². The first-order valence-electron chi connectivity index (χ1n) is 8.29. The van der Waals surface area contributed by atoms with Gasteiger partial charge in [0.25, 0.3) is 0 Å². The Morgan fingerprint density at radius 2 is 1.72 bits per heavy atom. The van der Waals surface area contributed by atoms with Crippen LogP contribution in [0, 0.1) is 0 Å². The molecular weight excluding hydrogens is 359 g/mol. The van der Waals surface area contributed by atoms with Crippen molar-refractivity contribution >= 4 is 39.9 Å². The summed E-state index contributed by atoms with van der Waals surface area (Å²) in [6.45, 7) is 2.01. The first-order chi connectivity index (χ1) is 12.0. The van der Waals surface area contributed by atoms with Crippen LogP contribution in [-0.4, -0.2) is 34.1 Å². The Balaban J connectivity index is 1.61. The zero-order valence-corrected chi connectivity index (χ0v) is 15.3. The van der Waals surface area contributed by atoms with Gasteiger partial charge in [0.1, 0.15) is 10.3 Å². The summed E-state index contributed by atoms with van der Waals surface area (Å²) < 4.78 is 0. The second-order valence-corrected chi connectivity index (χ2v) is 6.93. The SMILES string of the molecule is O=C(O)CCCCN1CN(Cc2ccc3ccccc3c2)C(Cl)=C1Cl. The van der Waals surface area contributed by atoms with Crippen molar-refractivity contribution in [2.24, 2.45) is 0 Å². The average molecular weight is 379 g/mol. The van der Waals surface area contributed by atoms with E-state index < -0.39 is 5.97 Å². The molecule has 0 aliphatic carbocycles. The monoisotopic (exact) mass is 378 g/mol. The molecule has 132 valence electrons. The Kier molecular flexibility index (Phi) is 5.71. The van der Waals surface area contributed by atoms with Crippen LogP contribution in [0.1, 0.15) is 24.8 Å². The predicted molar refractivity (Wildman–Crippen MR) is 101 cm³/mol. The number of hydrogen-bond donors (Lipinski definition) is 1. The zero-order chi connectivity index (χ0) is 17.8. The Labute approximate surface area is 157 Å². The van der Waals surface area contributed by atoms with E-state index in [1.54, 1.807) is 0 Å². The summed E-state index contributed by atoms with van der Waals surface area (Å²) in [5, 5.41) is 12.2. The largest absolute Gasteiger partial charge is 0.481 e. The van der Waals surface area contributed by atoms with Crippen molar-refractivity contribution < 1.29 is 9.90 Å². The van der Waals surface area contributed by atoms with Crippen molar-refractivity contribution in [1.82, 2.24) is 9.80 Å². The van der Waals surface area contributed by atoms with E-state index in [4.69, 9.17) is 28.3 Å². The molecule has 3 rings (SSSR count). The lowest BCUT2D eigenvalue weighted by atomic mass is 10.1. The van der Waals surface area contributed by atoms with Gasteiger partial charge in [0.05, 0.1) is 6.67 Å². The quantitative estimate of drug-likeness (QED) is 0.556. The van der Waals surface area contributed by atoms with Crippen molar-refractivity contribution in [3.05, 3.63) is 58.3 Å². The van der Waals surface area contributed by atoms with Gasteiger partial charge in [-0.25, -0.2) is 0 Å². The molecule has 25 heavy (non-hydrogen) atoms. The molecule has 0 unspecified atom stereocenters. The number of fused-ring (bicyclic) bond motifs is 1. The number of unbranched alkanes of at least 4 members (excludes halogenated alkanes) is 1. The van der Waals surface area contributed by atoms with Gasteiger partial charge in [-0.15, -0.1) is 0 Å². The predicted octanol–water partition coefficient (Wildman–Crippen LogP) is 4.77. The maximum Gasteiger partial charge on any atom is 0.303 e. The normalized spacial score (nSPS) is 14.6. The van der Waals surface area contributed by atoms with Crippen LogP contribution < -0.4 is 0 Å². The lowest BCUT2D eigenvalue weighted by Gasteiger charge is -2.22. The fourth-order valence-corrected chi connectivity index (χ4v) is 3.51.